The highest BCUT2D eigenvalue weighted by Gasteiger charge is 2.08. The molecule has 0 saturated heterocycles. The molecule has 0 aliphatic rings. The molecule has 2 heterocycles. The Bertz CT molecular complexity index is 527. The van der Waals surface area contributed by atoms with Gasteiger partial charge in [0.2, 0.25) is 0 Å². The summed E-state index contributed by atoms with van der Waals surface area (Å²) in [6, 6.07) is 6.27. The molecule has 5 heteroatoms. The van der Waals surface area contributed by atoms with E-state index in [4.69, 9.17) is 11.6 Å². The second-order valence-corrected chi connectivity index (χ2v) is 6.34. The van der Waals surface area contributed by atoms with Gasteiger partial charge >= 0.3 is 0 Å². The first kappa shape index (κ1) is 12.9. The van der Waals surface area contributed by atoms with E-state index < -0.39 is 0 Å². The zero-order valence-corrected chi connectivity index (χ0v) is 12.7. The van der Waals surface area contributed by atoms with Crippen molar-refractivity contribution in [3.63, 3.8) is 0 Å². The molecule has 0 aliphatic heterocycles. The Kier molecular flexibility index (Phi) is 4.07. The van der Waals surface area contributed by atoms with Crippen LogP contribution in [-0.4, -0.2) is 4.98 Å². The Labute approximate surface area is 118 Å². The molecule has 2 aromatic rings. The summed E-state index contributed by atoms with van der Waals surface area (Å²) >= 11 is 10.9. The molecule has 0 saturated carbocycles. The monoisotopic (exact) mass is 330 g/mol. The number of thiophene rings is 1. The molecule has 0 aliphatic carbocycles. The number of nitrogens with one attached hydrogen (secondary N) is 1. The summed E-state index contributed by atoms with van der Waals surface area (Å²) < 4.78 is 1.70. The standard InChI is InChI=1S/C12H12BrClN2S/c1-7-5-9(6-15-12(7)13)16-8(2)10-3-4-11(14)17-10/h3-6,8,16H,1-2H3. The minimum Gasteiger partial charge on any atom is -0.376 e. The summed E-state index contributed by atoms with van der Waals surface area (Å²) in [5.74, 6) is 0. The first-order valence-corrected chi connectivity index (χ1v) is 7.19. The number of rotatable bonds is 3. The minimum atomic E-state index is 0.231. The second kappa shape index (κ2) is 5.38. The Balaban J connectivity index is 2.12. The van der Waals surface area contributed by atoms with Crippen molar-refractivity contribution in [3.8, 4) is 0 Å². The van der Waals surface area contributed by atoms with Gasteiger partial charge < -0.3 is 5.32 Å². The van der Waals surface area contributed by atoms with Crippen LogP contribution in [0, 0.1) is 6.92 Å². The number of halogens is 2. The van der Waals surface area contributed by atoms with Gasteiger partial charge in [-0.25, -0.2) is 4.98 Å². The smallest absolute Gasteiger partial charge is 0.109 e. The summed E-state index contributed by atoms with van der Waals surface area (Å²) in [6.45, 7) is 4.13. The van der Waals surface area contributed by atoms with Crippen molar-refractivity contribution in [3.05, 3.63) is 43.8 Å². The molecule has 0 fully saturated rings. The van der Waals surface area contributed by atoms with Gasteiger partial charge in [0.1, 0.15) is 4.60 Å². The molecule has 90 valence electrons. The van der Waals surface area contributed by atoms with Crippen LogP contribution in [0.25, 0.3) is 0 Å². The van der Waals surface area contributed by atoms with Gasteiger partial charge in [0.15, 0.2) is 0 Å². The Morgan fingerprint density at radius 3 is 2.82 bits per heavy atom. The molecule has 0 aromatic carbocycles. The van der Waals surface area contributed by atoms with Crippen LogP contribution in [0.5, 0.6) is 0 Å². The van der Waals surface area contributed by atoms with E-state index >= 15 is 0 Å². The normalized spacial score (nSPS) is 12.5. The van der Waals surface area contributed by atoms with Gasteiger partial charge in [-0.1, -0.05) is 11.6 Å². The maximum atomic E-state index is 5.93. The van der Waals surface area contributed by atoms with E-state index in [2.05, 4.69) is 39.2 Å². The van der Waals surface area contributed by atoms with E-state index in [1.807, 2.05) is 25.3 Å². The molecule has 17 heavy (non-hydrogen) atoms. The van der Waals surface area contributed by atoms with Gasteiger partial charge in [0, 0.05) is 4.88 Å². The molecule has 1 N–H and O–H groups in total. The minimum absolute atomic E-state index is 0.231. The summed E-state index contributed by atoms with van der Waals surface area (Å²) in [6.07, 6.45) is 1.82. The lowest BCUT2D eigenvalue weighted by Crippen LogP contribution is -2.05. The highest BCUT2D eigenvalue weighted by Crippen LogP contribution is 2.29. The van der Waals surface area contributed by atoms with Gasteiger partial charge in [-0.15, -0.1) is 11.3 Å². The second-order valence-electron chi connectivity index (χ2n) is 3.84. The molecule has 1 atom stereocenters. The van der Waals surface area contributed by atoms with Crippen LogP contribution in [0.4, 0.5) is 5.69 Å². The van der Waals surface area contributed by atoms with Crippen LogP contribution in [0.2, 0.25) is 4.34 Å². The SMILES string of the molecule is Cc1cc(NC(C)c2ccc(Cl)s2)cnc1Br. The van der Waals surface area contributed by atoms with Gasteiger partial charge in [0.05, 0.1) is 22.3 Å². The molecule has 1 unspecified atom stereocenters. The molecule has 0 spiro atoms. The summed E-state index contributed by atoms with van der Waals surface area (Å²) in [5.41, 5.74) is 2.13. The zero-order valence-electron chi connectivity index (χ0n) is 9.50. The molecular formula is C12H12BrClN2S. The predicted molar refractivity (Wildman–Crippen MR) is 78.0 cm³/mol. The number of aromatic nitrogens is 1. The molecular weight excluding hydrogens is 320 g/mol. The lowest BCUT2D eigenvalue weighted by atomic mass is 10.2. The van der Waals surface area contributed by atoms with E-state index in [9.17, 15) is 0 Å². The van der Waals surface area contributed by atoms with E-state index in [0.29, 0.717) is 0 Å². The van der Waals surface area contributed by atoms with Crippen LogP contribution in [0.3, 0.4) is 0 Å². The quantitative estimate of drug-likeness (QED) is 0.797. The maximum absolute atomic E-state index is 5.93. The van der Waals surface area contributed by atoms with Crippen molar-refractivity contribution in [1.82, 2.24) is 4.98 Å². The van der Waals surface area contributed by atoms with Crippen LogP contribution in [0.15, 0.2) is 29.0 Å². The van der Waals surface area contributed by atoms with Crippen molar-refractivity contribution >= 4 is 44.6 Å². The van der Waals surface area contributed by atoms with Gasteiger partial charge in [-0.05, 0) is 53.5 Å². The Hall–Kier alpha value is -0.580. The van der Waals surface area contributed by atoms with E-state index in [0.717, 1.165) is 20.2 Å². The average Bonchev–Trinajstić information content (AvgIpc) is 2.70. The number of hydrogen-bond acceptors (Lipinski definition) is 3. The van der Waals surface area contributed by atoms with Crippen LogP contribution >= 0.6 is 38.9 Å². The highest BCUT2D eigenvalue weighted by molar-refractivity contribution is 9.10. The number of pyridine rings is 1. The van der Waals surface area contributed by atoms with Crippen LogP contribution < -0.4 is 5.32 Å². The Morgan fingerprint density at radius 1 is 1.47 bits per heavy atom. The largest absolute Gasteiger partial charge is 0.376 e. The summed E-state index contributed by atoms with van der Waals surface area (Å²) in [5, 5.41) is 3.41. The molecule has 0 radical (unpaired) electrons. The number of anilines is 1. The topological polar surface area (TPSA) is 24.9 Å². The van der Waals surface area contributed by atoms with Crippen molar-refractivity contribution in [2.75, 3.05) is 5.32 Å². The third-order valence-corrected chi connectivity index (χ3v) is 4.66. The number of hydrogen-bond donors (Lipinski definition) is 1. The number of nitrogens with zero attached hydrogens (tertiary/aromatic N) is 1. The van der Waals surface area contributed by atoms with Crippen molar-refractivity contribution in [1.29, 1.82) is 0 Å². The molecule has 0 amide bonds. The average molecular weight is 332 g/mol. The third kappa shape index (κ3) is 3.21. The van der Waals surface area contributed by atoms with Gasteiger partial charge in [-0.2, -0.15) is 0 Å². The molecule has 2 nitrogen and oxygen atoms in total. The lowest BCUT2D eigenvalue weighted by molar-refractivity contribution is 0.904. The lowest BCUT2D eigenvalue weighted by Gasteiger charge is -2.14. The fraction of sp³-hybridized carbons (Fsp3) is 0.250. The van der Waals surface area contributed by atoms with Gasteiger partial charge in [-0.3, -0.25) is 0 Å². The zero-order chi connectivity index (χ0) is 12.4. The first-order valence-electron chi connectivity index (χ1n) is 5.20. The van der Waals surface area contributed by atoms with Crippen LogP contribution in [-0.2, 0) is 0 Å². The third-order valence-electron chi connectivity index (χ3n) is 2.42. The van der Waals surface area contributed by atoms with Crippen molar-refractivity contribution in [2.24, 2.45) is 0 Å². The molecule has 0 bridgehead atoms. The summed E-state index contributed by atoms with van der Waals surface area (Å²) in [4.78, 5) is 5.48. The van der Waals surface area contributed by atoms with Crippen molar-refractivity contribution in [2.45, 2.75) is 19.9 Å². The van der Waals surface area contributed by atoms with Crippen molar-refractivity contribution < 1.29 is 0 Å². The van der Waals surface area contributed by atoms with E-state index in [-0.39, 0.29) is 6.04 Å². The Morgan fingerprint density at radius 2 is 2.24 bits per heavy atom. The first-order chi connectivity index (χ1) is 8.06. The van der Waals surface area contributed by atoms with E-state index in [1.54, 1.807) is 11.3 Å². The molecule has 2 aromatic heterocycles. The fourth-order valence-corrected chi connectivity index (χ4v) is 2.80. The number of aryl methyl sites for hydroxylation is 1. The highest BCUT2D eigenvalue weighted by atomic mass is 79.9. The molecule has 2 rings (SSSR count). The van der Waals surface area contributed by atoms with E-state index in [1.165, 1.54) is 4.88 Å². The van der Waals surface area contributed by atoms with Gasteiger partial charge in [0.25, 0.3) is 0 Å². The predicted octanol–water partition coefficient (Wildman–Crippen LogP) is 5.04. The fourth-order valence-electron chi connectivity index (χ4n) is 1.52. The summed E-state index contributed by atoms with van der Waals surface area (Å²) in [7, 11) is 0. The maximum Gasteiger partial charge on any atom is 0.109 e. The van der Waals surface area contributed by atoms with Crippen LogP contribution in [0.1, 0.15) is 23.4 Å².